The van der Waals surface area contributed by atoms with Gasteiger partial charge in [-0.3, -0.25) is 0 Å². The van der Waals surface area contributed by atoms with Crippen LogP contribution in [-0.4, -0.2) is 39.4 Å². The molecule has 0 bridgehead atoms. The summed E-state index contributed by atoms with van der Waals surface area (Å²) in [6, 6.07) is 9.45. The highest BCUT2D eigenvalue weighted by Gasteiger charge is 2.74. The van der Waals surface area contributed by atoms with Crippen LogP contribution in [0.5, 0.6) is 0 Å². The summed E-state index contributed by atoms with van der Waals surface area (Å²) in [5, 5.41) is 2.17. The number of benzene rings is 1. The topological polar surface area (TPSA) is 0 Å². The Hall–Kier alpha value is 0.370. The normalized spacial score (nSPS) is 26.6. The van der Waals surface area contributed by atoms with Gasteiger partial charge in [0, 0.05) is 11.4 Å². The van der Waals surface area contributed by atoms with Crippen LogP contribution in [0.25, 0.3) is 0 Å². The Bertz CT molecular complexity index is 911. The molecule has 0 unspecified atom stereocenters. The van der Waals surface area contributed by atoms with E-state index in [-0.39, 0.29) is 0 Å². The van der Waals surface area contributed by atoms with Crippen molar-refractivity contribution in [2.45, 2.75) is 238 Å². The van der Waals surface area contributed by atoms with Crippen molar-refractivity contribution in [3.63, 3.8) is 0 Å². The quantitative estimate of drug-likeness (QED) is 0.213. The highest BCUT2D eigenvalue weighted by Crippen LogP contribution is 2.94. The first-order valence-corrected chi connectivity index (χ1v) is 26.3. The average molecular weight is 699 g/mol. The highest BCUT2D eigenvalue weighted by molar-refractivity contribution is 7.95. The van der Waals surface area contributed by atoms with E-state index in [1.54, 1.807) is 160 Å². The van der Waals surface area contributed by atoms with Gasteiger partial charge in [0.2, 0.25) is 0 Å². The summed E-state index contributed by atoms with van der Waals surface area (Å²) in [4.78, 5) is 0. The fourth-order valence-electron chi connectivity index (χ4n) is 13.9. The Morgan fingerprint density at radius 2 is 0.660 bits per heavy atom. The number of hydrogen-bond acceptors (Lipinski definition) is 0. The lowest BCUT2D eigenvalue weighted by Crippen LogP contribution is -2.49. The van der Waals surface area contributed by atoms with Gasteiger partial charge in [-0.2, -0.15) is 0 Å². The van der Waals surface area contributed by atoms with Crippen molar-refractivity contribution in [3.05, 3.63) is 34.9 Å². The monoisotopic (exact) mass is 698 g/mol. The Morgan fingerprint density at radius 1 is 0.404 bits per heavy atom. The van der Waals surface area contributed by atoms with Crippen LogP contribution in [0.4, 0.5) is 0 Å². The van der Waals surface area contributed by atoms with E-state index in [2.05, 4.69) is 24.3 Å². The van der Waals surface area contributed by atoms with Crippen molar-refractivity contribution >= 4 is 26.1 Å². The number of hydrogen-bond donors (Lipinski definition) is 0. The van der Waals surface area contributed by atoms with Crippen LogP contribution in [0.15, 0.2) is 24.3 Å². The first-order chi connectivity index (χ1) is 23.3. The molecule has 6 fully saturated rings. The van der Waals surface area contributed by atoms with Crippen LogP contribution in [-0.2, 0) is 6.42 Å². The molecular weight excluding hydrogens is 626 g/mol. The fraction of sp³-hybridized carbons (Fsp3) is 0.864. The van der Waals surface area contributed by atoms with E-state index in [1.165, 1.54) is 44.9 Å². The molecule has 0 aromatic heterocycles. The molecule has 0 atom stereocenters. The first kappa shape index (κ1) is 35.8. The van der Waals surface area contributed by atoms with Crippen molar-refractivity contribution in [1.29, 1.82) is 0 Å². The summed E-state index contributed by atoms with van der Waals surface area (Å²) in [5.41, 5.74) is 8.12. The van der Waals surface area contributed by atoms with Gasteiger partial charge in [0.15, 0.2) is 5.40 Å². The van der Waals surface area contributed by atoms with Crippen molar-refractivity contribution in [1.82, 2.24) is 0 Å². The maximum Gasteiger partial charge on any atom is 0.174 e. The standard InChI is InChI=1S/C44H73ClP2/c45-43-34-20-19-21-36(43)35-44(46(37-22-7-1-8-23-37,38-24-9-2-10-25-38)39-26-11-3-12-27-39)47(40-28-13-4-14-29-40,41-30-15-5-16-31-41)42-32-17-6-18-33-42/h19-21,34,37-42,44H,1-18,22-33,35H2/q+2. The Kier molecular flexibility index (Phi) is 13.1. The molecule has 0 heterocycles. The van der Waals surface area contributed by atoms with Crippen LogP contribution in [0.3, 0.4) is 0 Å². The van der Waals surface area contributed by atoms with Crippen LogP contribution in [0, 0.1) is 0 Å². The van der Waals surface area contributed by atoms with Crippen molar-refractivity contribution in [2.24, 2.45) is 0 Å². The molecule has 0 radical (unpaired) electrons. The molecular formula is C44H73ClP2+2. The van der Waals surface area contributed by atoms with Gasteiger partial charge in [0.25, 0.3) is 0 Å². The van der Waals surface area contributed by atoms with Gasteiger partial charge >= 0.3 is 0 Å². The van der Waals surface area contributed by atoms with E-state index < -0.39 is 14.5 Å². The maximum atomic E-state index is 7.41. The zero-order chi connectivity index (χ0) is 31.9. The summed E-state index contributed by atoms with van der Waals surface area (Å²) in [7, 11) is -2.70. The SMILES string of the molecule is Clc1ccccc1CC([P+](C1CCCCC1)(C1CCCCC1)C1CCCCC1)[P+](C1CCCCC1)(C1CCCCC1)C1CCCCC1. The third kappa shape index (κ3) is 7.36. The molecule has 1 aromatic carbocycles. The lowest BCUT2D eigenvalue weighted by atomic mass is 9.98. The molecule has 264 valence electrons. The van der Waals surface area contributed by atoms with Gasteiger partial charge in [-0.25, -0.2) is 0 Å². The van der Waals surface area contributed by atoms with Gasteiger partial charge in [-0.05, 0) is 166 Å². The van der Waals surface area contributed by atoms with E-state index in [9.17, 15) is 0 Å². The largest absolute Gasteiger partial charge is 0.174 e. The fourth-order valence-corrected chi connectivity index (χ4v) is 35.4. The molecule has 0 N–H and O–H groups in total. The van der Waals surface area contributed by atoms with Crippen molar-refractivity contribution in [2.75, 3.05) is 0 Å². The average Bonchev–Trinajstić information content (AvgIpc) is 3.16. The molecule has 6 aliphatic rings. The molecule has 3 heteroatoms. The second-order valence-electron chi connectivity index (χ2n) is 17.8. The summed E-state index contributed by atoms with van der Waals surface area (Å²) in [5.74, 6) is 0. The van der Waals surface area contributed by atoms with Crippen molar-refractivity contribution < 1.29 is 0 Å². The zero-order valence-corrected chi connectivity index (χ0v) is 33.1. The predicted octanol–water partition coefficient (Wildman–Crippen LogP) is 15.2. The van der Waals surface area contributed by atoms with Crippen LogP contribution >= 0.6 is 26.1 Å². The van der Waals surface area contributed by atoms with Crippen LogP contribution in [0.1, 0.15) is 198 Å². The van der Waals surface area contributed by atoms with E-state index in [4.69, 9.17) is 11.6 Å². The van der Waals surface area contributed by atoms with E-state index in [0.717, 1.165) is 44.4 Å². The minimum Gasteiger partial charge on any atom is -0.0840 e. The molecule has 0 amide bonds. The molecule has 1 aromatic rings. The smallest absolute Gasteiger partial charge is 0.0840 e. The second-order valence-corrected chi connectivity index (χ2v) is 27.8. The molecule has 6 saturated carbocycles. The van der Waals surface area contributed by atoms with Crippen molar-refractivity contribution in [3.8, 4) is 0 Å². The van der Waals surface area contributed by atoms with Gasteiger partial charge in [0.05, 0.1) is 48.5 Å². The molecule has 0 saturated heterocycles. The van der Waals surface area contributed by atoms with Crippen LogP contribution < -0.4 is 0 Å². The minimum atomic E-state index is -1.35. The molecule has 0 nitrogen and oxygen atoms in total. The van der Waals surface area contributed by atoms with Gasteiger partial charge in [-0.1, -0.05) is 68.3 Å². The Balaban J connectivity index is 1.52. The van der Waals surface area contributed by atoms with E-state index in [0.29, 0.717) is 0 Å². The summed E-state index contributed by atoms with van der Waals surface area (Å²) in [6.45, 7) is 0. The molecule has 0 aliphatic heterocycles. The predicted molar refractivity (Wildman–Crippen MR) is 214 cm³/mol. The van der Waals surface area contributed by atoms with Gasteiger partial charge < -0.3 is 0 Å². The lowest BCUT2D eigenvalue weighted by Gasteiger charge is -2.59. The minimum absolute atomic E-state index is 1.04. The van der Waals surface area contributed by atoms with E-state index >= 15 is 0 Å². The highest BCUT2D eigenvalue weighted by atomic mass is 35.5. The molecule has 0 spiro atoms. The van der Waals surface area contributed by atoms with Crippen LogP contribution in [0.2, 0.25) is 5.02 Å². The Morgan fingerprint density at radius 3 is 0.915 bits per heavy atom. The van der Waals surface area contributed by atoms with Gasteiger partial charge in [-0.15, -0.1) is 0 Å². The lowest BCUT2D eigenvalue weighted by molar-refractivity contribution is 0.438. The Labute approximate surface area is 298 Å². The third-order valence-electron chi connectivity index (χ3n) is 15.6. The molecule has 47 heavy (non-hydrogen) atoms. The third-order valence-corrected chi connectivity index (χ3v) is 31.5. The maximum absolute atomic E-state index is 7.41. The first-order valence-electron chi connectivity index (χ1n) is 21.7. The molecule has 7 rings (SSSR count). The molecule has 6 aliphatic carbocycles. The summed E-state index contributed by atoms with van der Waals surface area (Å²) in [6.07, 6.45) is 48.4. The zero-order valence-electron chi connectivity index (χ0n) is 30.5. The van der Waals surface area contributed by atoms with E-state index in [1.807, 2.05) is 0 Å². The van der Waals surface area contributed by atoms with Gasteiger partial charge in [0.1, 0.15) is 0 Å². The summed E-state index contributed by atoms with van der Waals surface area (Å²) < 4.78 is 0. The second kappa shape index (κ2) is 17.3. The number of rotatable bonds is 10. The summed E-state index contributed by atoms with van der Waals surface area (Å²) >= 11 is 7.41. The number of halogens is 1.